The van der Waals surface area contributed by atoms with E-state index in [0.29, 0.717) is 37.6 Å². The SMILES string of the molecule is CCC(c1ccc(Cl)cc1)N1CCN(S(=O)(=O)c2c(C)noc2C)CC1. The van der Waals surface area contributed by atoms with Crippen LogP contribution in [0.4, 0.5) is 0 Å². The van der Waals surface area contributed by atoms with Crippen LogP contribution in [-0.4, -0.2) is 49.0 Å². The lowest BCUT2D eigenvalue weighted by atomic mass is 10.0. The molecule has 1 saturated heterocycles. The van der Waals surface area contributed by atoms with Crippen molar-refractivity contribution >= 4 is 21.6 Å². The van der Waals surface area contributed by atoms with E-state index in [4.69, 9.17) is 16.1 Å². The first-order valence-electron chi connectivity index (χ1n) is 8.77. The van der Waals surface area contributed by atoms with Gasteiger partial charge < -0.3 is 4.52 Å². The molecule has 0 spiro atoms. The molecule has 1 aromatic heterocycles. The standard InChI is InChI=1S/C18H24ClN3O3S/c1-4-17(15-5-7-16(19)8-6-15)21-9-11-22(12-10-21)26(23,24)18-13(2)20-25-14(18)3/h5-8,17H,4,9-12H2,1-3H3. The summed E-state index contributed by atoms with van der Waals surface area (Å²) in [4.78, 5) is 2.54. The Morgan fingerprint density at radius 2 is 1.77 bits per heavy atom. The Morgan fingerprint density at radius 1 is 1.15 bits per heavy atom. The van der Waals surface area contributed by atoms with Crippen molar-refractivity contribution < 1.29 is 12.9 Å². The van der Waals surface area contributed by atoms with Crippen LogP contribution in [0.5, 0.6) is 0 Å². The van der Waals surface area contributed by atoms with Gasteiger partial charge in [-0.05, 0) is 38.0 Å². The second-order valence-corrected chi connectivity index (χ2v) is 8.88. The molecule has 1 aliphatic rings. The molecule has 0 amide bonds. The fraction of sp³-hybridized carbons (Fsp3) is 0.500. The average Bonchev–Trinajstić information content (AvgIpc) is 2.97. The Balaban J connectivity index is 1.73. The van der Waals surface area contributed by atoms with Gasteiger partial charge in [-0.2, -0.15) is 4.31 Å². The molecule has 1 aliphatic heterocycles. The molecule has 26 heavy (non-hydrogen) atoms. The van der Waals surface area contributed by atoms with Gasteiger partial charge in [-0.15, -0.1) is 0 Å². The summed E-state index contributed by atoms with van der Waals surface area (Å²) in [6.45, 7) is 7.72. The molecule has 1 aromatic carbocycles. The molecule has 6 nitrogen and oxygen atoms in total. The summed E-state index contributed by atoms with van der Waals surface area (Å²) in [5, 5.41) is 4.50. The average molecular weight is 398 g/mol. The lowest BCUT2D eigenvalue weighted by molar-refractivity contribution is 0.133. The molecule has 3 rings (SSSR count). The highest BCUT2D eigenvalue weighted by atomic mass is 35.5. The third-order valence-corrected chi connectivity index (χ3v) is 7.32. The molecule has 8 heteroatoms. The molecular formula is C18H24ClN3O3S. The third-order valence-electron chi connectivity index (χ3n) is 4.92. The Kier molecular flexibility index (Phi) is 5.72. The fourth-order valence-electron chi connectivity index (χ4n) is 3.62. The van der Waals surface area contributed by atoms with Crippen molar-refractivity contribution in [3.63, 3.8) is 0 Å². The molecule has 1 unspecified atom stereocenters. The van der Waals surface area contributed by atoms with Gasteiger partial charge in [0.25, 0.3) is 0 Å². The predicted molar refractivity (Wildman–Crippen MR) is 101 cm³/mol. The molecule has 2 aromatic rings. The zero-order chi connectivity index (χ0) is 18.9. The van der Waals surface area contributed by atoms with Crippen LogP contribution in [0.25, 0.3) is 0 Å². The summed E-state index contributed by atoms with van der Waals surface area (Å²) in [6, 6.07) is 8.15. The van der Waals surface area contributed by atoms with Crippen molar-refractivity contribution in [2.75, 3.05) is 26.2 Å². The van der Waals surface area contributed by atoms with Crippen molar-refractivity contribution in [1.82, 2.24) is 14.4 Å². The third kappa shape index (κ3) is 3.67. The number of halogens is 1. The molecule has 0 saturated carbocycles. The molecule has 142 valence electrons. The number of aromatic nitrogens is 1. The summed E-state index contributed by atoms with van der Waals surface area (Å²) in [5.74, 6) is 0.345. The number of aryl methyl sites for hydroxylation is 2. The minimum absolute atomic E-state index is 0.204. The highest BCUT2D eigenvalue weighted by Gasteiger charge is 2.34. The van der Waals surface area contributed by atoms with Crippen LogP contribution < -0.4 is 0 Å². The van der Waals surface area contributed by atoms with Crippen molar-refractivity contribution in [1.29, 1.82) is 0 Å². The van der Waals surface area contributed by atoms with Crippen LogP contribution >= 0.6 is 11.6 Å². The first kappa shape index (κ1) is 19.4. The maximum absolute atomic E-state index is 12.9. The lowest BCUT2D eigenvalue weighted by Gasteiger charge is -2.38. The van der Waals surface area contributed by atoms with Crippen molar-refractivity contribution in [3.05, 3.63) is 46.3 Å². The van der Waals surface area contributed by atoms with Gasteiger partial charge in [0.05, 0.1) is 0 Å². The Bertz CT molecular complexity index is 837. The van der Waals surface area contributed by atoms with E-state index in [1.54, 1.807) is 13.8 Å². The second-order valence-electron chi connectivity index (χ2n) is 6.57. The van der Waals surface area contributed by atoms with Gasteiger partial charge in [0, 0.05) is 37.2 Å². The van der Waals surface area contributed by atoms with Gasteiger partial charge in [-0.25, -0.2) is 8.42 Å². The van der Waals surface area contributed by atoms with E-state index in [0.717, 1.165) is 11.4 Å². The smallest absolute Gasteiger partial charge is 0.248 e. The highest BCUT2D eigenvalue weighted by Crippen LogP contribution is 2.29. The van der Waals surface area contributed by atoms with Gasteiger partial charge in [0.2, 0.25) is 10.0 Å². The number of hydrogen-bond donors (Lipinski definition) is 0. The molecule has 0 bridgehead atoms. The Labute approximate surface area is 159 Å². The number of rotatable bonds is 5. The largest absolute Gasteiger partial charge is 0.360 e. The van der Waals surface area contributed by atoms with E-state index in [1.807, 2.05) is 24.3 Å². The monoisotopic (exact) mass is 397 g/mol. The first-order valence-corrected chi connectivity index (χ1v) is 10.6. The Morgan fingerprint density at radius 3 is 2.27 bits per heavy atom. The lowest BCUT2D eigenvalue weighted by Crippen LogP contribution is -2.49. The zero-order valence-electron chi connectivity index (χ0n) is 15.3. The van der Waals surface area contributed by atoms with Crippen LogP contribution in [-0.2, 0) is 10.0 Å². The number of benzene rings is 1. The number of sulfonamides is 1. The summed E-state index contributed by atoms with van der Waals surface area (Å²) in [7, 11) is -3.57. The number of nitrogens with zero attached hydrogens (tertiary/aromatic N) is 3. The second kappa shape index (κ2) is 7.68. The van der Waals surface area contributed by atoms with Crippen LogP contribution in [0.15, 0.2) is 33.7 Å². The highest BCUT2D eigenvalue weighted by molar-refractivity contribution is 7.89. The molecule has 0 N–H and O–H groups in total. The number of hydrogen-bond acceptors (Lipinski definition) is 5. The van der Waals surface area contributed by atoms with E-state index in [9.17, 15) is 8.42 Å². The van der Waals surface area contributed by atoms with E-state index in [2.05, 4.69) is 17.0 Å². The minimum atomic E-state index is -3.57. The van der Waals surface area contributed by atoms with Crippen molar-refractivity contribution in [3.8, 4) is 0 Å². The summed E-state index contributed by atoms with van der Waals surface area (Å²) >= 11 is 5.99. The maximum Gasteiger partial charge on any atom is 0.248 e. The quantitative estimate of drug-likeness (QED) is 0.773. The minimum Gasteiger partial charge on any atom is -0.360 e. The van der Waals surface area contributed by atoms with Gasteiger partial charge in [0.1, 0.15) is 10.6 Å². The van der Waals surface area contributed by atoms with Crippen LogP contribution in [0.1, 0.15) is 36.4 Å². The number of piperazine rings is 1. The van der Waals surface area contributed by atoms with Crippen LogP contribution in [0, 0.1) is 13.8 Å². The van der Waals surface area contributed by atoms with Crippen molar-refractivity contribution in [2.24, 2.45) is 0 Å². The van der Waals surface area contributed by atoms with E-state index >= 15 is 0 Å². The van der Waals surface area contributed by atoms with Gasteiger partial charge in [-0.3, -0.25) is 4.90 Å². The molecule has 2 heterocycles. The van der Waals surface area contributed by atoms with Gasteiger partial charge in [0.15, 0.2) is 5.76 Å². The van der Waals surface area contributed by atoms with Crippen LogP contribution in [0.2, 0.25) is 5.02 Å². The summed E-state index contributed by atoms with van der Waals surface area (Å²) in [6.07, 6.45) is 0.957. The van der Waals surface area contributed by atoms with Gasteiger partial charge >= 0.3 is 0 Å². The summed E-state index contributed by atoms with van der Waals surface area (Å²) in [5.41, 5.74) is 1.62. The fourth-order valence-corrected chi connectivity index (χ4v) is 5.46. The molecule has 0 aliphatic carbocycles. The van der Waals surface area contributed by atoms with Gasteiger partial charge in [-0.1, -0.05) is 35.8 Å². The molecular weight excluding hydrogens is 374 g/mol. The molecule has 0 radical (unpaired) electrons. The predicted octanol–water partition coefficient (Wildman–Crippen LogP) is 3.40. The zero-order valence-corrected chi connectivity index (χ0v) is 16.8. The topological polar surface area (TPSA) is 66.7 Å². The van der Waals surface area contributed by atoms with Crippen LogP contribution in [0.3, 0.4) is 0 Å². The molecule has 1 atom stereocenters. The molecule has 1 fully saturated rings. The summed E-state index contributed by atoms with van der Waals surface area (Å²) < 4.78 is 32.4. The Hall–Kier alpha value is -1.41. The normalized spacial score (nSPS) is 18.2. The van der Waals surface area contributed by atoms with E-state index in [-0.39, 0.29) is 10.9 Å². The first-order chi connectivity index (χ1) is 12.3. The van der Waals surface area contributed by atoms with E-state index < -0.39 is 10.0 Å². The van der Waals surface area contributed by atoms with Crippen molar-refractivity contribution in [2.45, 2.75) is 38.1 Å². The maximum atomic E-state index is 12.9. The van der Waals surface area contributed by atoms with E-state index in [1.165, 1.54) is 9.87 Å².